The second kappa shape index (κ2) is 10.4. The molecule has 0 saturated carbocycles. The van der Waals surface area contributed by atoms with Crippen molar-refractivity contribution in [2.45, 2.75) is 26.0 Å². The van der Waals surface area contributed by atoms with Crippen LogP contribution in [0, 0.1) is 6.92 Å². The van der Waals surface area contributed by atoms with Crippen molar-refractivity contribution in [1.29, 1.82) is 0 Å². The minimum atomic E-state index is -0.511. The zero-order chi connectivity index (χ0) is 20.5. The summed E-state index contributed by atoms with van der Waals surface area (Å²) >= 11 is 0. The fraction of sp³-hybridized carbons (Fsp3) is 0.208. The fourth-order valence-corrected chi connectivity index (χ4v) is 3.05. The summed E-state index contributed by atoms with van der Waals surface area (Å²) in [4.78, 5) is 11.4. The van der Waals surface area contributed by atoms with E-state index in [1.54, 1.807) is 17.6 Å². The lowest BCUT2D eigenvalue weighted by atomic mass is 10.1. The van der Waals surface area contributed by atoms with Gasteiger partial charge < -0.3 is 10.1 Å². The van der Waals surface area contributed by atoms with Gasteiger partial charge >= 0.3 is 0 Å². The maximum atomic E-state index is 11.4. The SMILES string of the molecule is Cc1ccc(OC(CCNCc2ccc(C(=O)NO)cc2)c2ccccc2)cc1. The number of carbonyl (C=O) groups excluding carboxylic acids is 1. The Balaban J connectivity index is 1.55. The third-order valence-electron chi connectivity index (χ3n) is 4.70. The van der Waals surface area contributed by atoms with Gasteiger partial charge in [0.15, 0.2) is 0 Å². The monoisotopic (exact) mass is 390 g/mol. The smallest absolute Gasteiger partial charge is 0.274 e. The molecular formula is C24H26N2O3. The van der Waals surface area contributed by atoms with Crippen molar-refractivity contribution in [2.24, 2.45) is 0 Å². The summed E-state index contributed by atoms with van der Waals surface area (Å²) < 4.78 is 6.25. The van der Waals surface area contributed by atoms with Crippen LogP contribution in [0.1, 0.15) is 39.6 Å². The van der Waals surface area contributed by atoms with Crippen LogP contribution in [0.25, 0.3) is 0 Å². The lowest BCUT2D eigenvalue weighted by molar-refractivity contribution is 0.0706. The van der Waals surface area contributed by atoms with Gasteiger partial charge in [-0.1, -0.05) is 60.2 Å². The highest BCUT2D eigenvalue weighted by Crippen LogP contribution is 2.24. The first kappa shape index (κ1) is 20.6. The maximum absolute atomic E-state index is 11.4. The van der Waals surface area contributed by atoms with Crippen LogP contribution in [0.4, 0.5) is 0 Å². The molecule has 0 aliphatic heterocycles. The lowest BCUT2D eigenvalue weighted by Gasteiger charge is -2.20. The molecule has 3 rings (SSSR count). The number of amides is 1. The molecule has 1 amide bonds. The van der Waals surface area contributed by atoms with Crippen molar-refractivity contribution in [3.8, 4) is 5.75 Å². The average molecular weight is 390 g/mol. The first-order valence-corrected chi connectivity index (χ1v) is 9.68. The van der Waals surface area contributed by atoms with Gasteiger partial charge in [0.05, 0.1) is 0 Å². The topological polar surface area (TPSA) is 70.6 Å². The van der Waals surface area contributed by atoms with Gasteiger partial charge in [0.25, 0.3) is 5.91 Å². The Bertz CT molecular complexity index is 894. The Labute approximate surface area is 171 Å². The minimum absolute atomic E-state index is 0.0398. The lowest BCUT2D eigenvalue weighted by Crippen LogP contribution is -2.20. The summed E-state index contributed by atoms with van der Waals surface area (Å²) in [5.41, 5.74) is 5.48. The van der Waals surface area contributed by atoms with Crippen molar-refractivity contribution < 1.29 is 14.7 Å². The Morgan fingerprint density at radius 2 is 1.66 bits per heavy atom. The number of rotatable bonds is 9. The highest BCUT2D eigenvalue weighted by molar-refractivity contribution is 5.93. The molecule has 150 valence electrons. The Morgan fingerprint density at radius 3 is 2.31 bits per heavy atom. The quantitative estimate of drug-likeness (QED) is 0.287. The second-order valence-electron chi connectivity index (χ2n) is 6.93. The third-order valence-corrected chi connectivity index (χ3v) is 4.70. The van der Waals surface area contributed by atoms with Crippen LogP contribution in [0.2, 0.25) is 0 Å². The molecule has 3 N–H and O–H groups in total. The number of hydrogen-bond donors (Lipinski definition) is 3. The van der Waals surface area contributed by atoms with Gasteiger partial charge in [0, 0.05) is 18.5 Å². The molecule has 0 aliphatic rings. The molecule has 3 aromatic carbocycles. The number of carbonyl (C=O) groups is 1. The largest absolute Gasteiger partial charge is 0.486 e. The van der Waals surface area contributed by atoms with Crippen LogP contribution >= 0.6 is 0 Å². The molecule has 1 atom stereocenters. The van der Waals surface area contributed by atoms with Gasteiger partial charge in [-0.05, 0) is 48.9 Å². The number of nitrogens with one attached hydrogen (secondary N) is 2. The van der Waals surface area contributed by atoms with Gasteiger partial charge in [-0.3, -0.25) is 10.0 Å². The Kier molecular flexibility index (Phi) is 7.39. The number of aryl methyl sites for hydroxylation is 1. The van der Waals surface area contributed by atoms with Crippen LogP contribution in [-0.4, -0.2) is 17.7 Å². The van der Waals surface area contributed by atoms with Crippen molar-refractivity contribution in [3.05, 3.63) is 101 Å². The van der Waals surface area contributed by atoms with Crippen molar-refractivity contribution in [2.75, 3.05) is 6.54 Å². The van der Waals surface area contributed by atoms with Crippen LogP contribution < -0.4 is 15.5 Å². The Hall–Kier alpha value is -3.15. The molecule has 0 aromatic heterocycles. The molecule has 0 fully saturated rings. The van der Waals surface area contributed by atoms with Crippen LogP contribution in [0.5, 0.6) is 5.75 Å². The maximum Gasteiger partial charge on any atom is 0.274 e. The number of ether oxygens (including phenoxy) is 1. The first-order valence-electron chi connectivity index (χ1n) is 9.68. The van der Waals surface area contributed by atoms with Gasteiger partial charge in [-0.25, -0.2) is 5.48 Å². The van der Waals surface area contributed by atoms with Gasteiger partial charge in [0.2, 0.25) is 0 Å². The van der Waals surface area contributed by atoms with Gasteiger partial charge in [-0.2, -0.15) is 0 Å². The van der Waals surface area contributed by atoms with E-state index in [0.29, 0.717) is 12.1 Å². The molecule has 1 unspecified atom stereocenters. The minimum Gasteiger partial charge on any atom is -0.486 e. The van der Waals surface area contributed by atoms with E-state index >= 15 is 0 Å². The first-order chi connectivity index (χ1) is 14.2. The molecule has 0 saturated heterocycles. The predicted octanol–water partition coefficient (Wildman–Crippen LogP) is 4.41. The number of hydrogen-bond acceptors (Lipinski definition) is 4. The second-order valence-corrected chi connectivity index (χ2v) is 6.93. The van der Waals surface area contributed by atoms with Crippen molar-refractivity contribution in [3.63, 3.8) is 0 Å². The number of benzene rings is 3. The molecule has 0 aliphatic carbocycles. The van der Waals surface area contributed by atoms with E-state index in [-0.39, 0.29) is 6.10 Å². The summed E-state index contributed by atoms with van der Waals surface area (Å²) in [5.74, 6) is 0.352. The van der Waals surface area contributed by atoms with Gasteiger partial charge in [0.1, 0.15) is 11.9 Å². The molecular weight excluding hydrogens is 364 g/mol. The molecule has 3 aromatic rings. The summed E-state index contributed by atoms with van der Waals surface area (Å²) in [6.07, 6.45) is 0.783. The summed E-state index contributed by atoms with van der Waals surface area (Å²) in [5, 5.41) is 12.1. The van der Waals surface area contributed by atoms with Crippen molar-refractivity contribution in [1.82, 2.24) is 10.8 Å². The highest BCUT2D eigenvalue weighted by atomic mass is 16.5. The summed E-state index contributed by atoms with van der Waals surface area (Å²) in [6, 6.07) is 25.5. The number of hydroxylamine groups is 1. The van der Waals surface area contributed by atoms with E-state index in [9.17, 15) is 4.79 Å². The van der Waals surface area contributed by atoms with Crippen molar-refractivity contribution >= 4 is 5.91 Å². The summed E-state index contributed by atoms with van der Waals surface area (Å²) in [6.45, 7) is 3.53. The van der Waals surface area contributed by atoms with E-state index in [0.717, 1.165) is 29.8 Å². The normalized spacial score (nSPS) is 11.7. The standard InChI is InChI=1S/C24H26N2O3/c1-18-7-13-22(14-8-18)29-23(20-5-3-2-4-6-20)15-16-25-17-19-9-11-21(12-10-19)24(27)26-28/h2-14,23,25,28H,15-17H2,1H3,(H,26,27). The molecule has 0 spiro atoms. The fourth-order valence-electron chi connectivity index (χ4n) is 3.05. The molecule has 0 heterocycles. The summed E-state index contributed by atoms with van der Waals surface area (Å²) in [7, 11) is 0. The third kappa shape index (κ3) is 6.17. The Morgan fingerprint density at radius 1 is 0.966 bits per heavy atom. The highest BCUT2D eigenvalue weighted by Gasteiger charge is 2.13. The zero-order valence-electron chi connectivity index (χ0n) is 16.5. The van der Waals surface area contributed by atoms with E-state index in [1.807, 2.05) is 42.5 Å². The van der Waals surface area contributed by atoms with Crippen LogP contribution in [0.3, 0.4) is 0 Å². The molecule has 29 heavy (non-hydrogen) atoms. The van der Waals surface area contributed by atoms with Gasteiger partial charge in [-0.15, -0.1) is 0 Å². The predicted molar refractivity (Wildman–Crippen MR) is 113 cm³/mol. The molecule has 5 nitrogen and oxygen atoms in total. The van der Waals surface area contributed by atoms with E-state index in [4.69, 9.17) is 9.94 Å². The average Bonchev–Trinajstić information content (AvgIpc) is 2.77. The van der Waals surface area contributed by atoms with E-state index in [1.165, 1.54) is 5.56 Å². The van der Waals surface area contributed by atoms with Crippen LogP contribution in [-0.2, 0) is 6.54 Å². The molecule has 0 bridgehead atoms. The van der Waals surface area contributed by atoms with E-state index in [2.05, 4.69) is 36.5 Å². The molecule has 5 heteroatoms. The molecule has 0 radical (unpaired) electrons. The van der Waals surface area contributed by atoms with Crippen LogP contribution in [0.15, 0.2) is 78.9 Å². The zero-order valence-corrected chi connectivity index (χ0v) is 16.5. The van der Waals surface area contributed by atoms with E-state index < -0.39 is 5.91 Å².